The first-order valence-corrected chi connectivity index (χ1v) is 11.1. The summed E-state index contributed by atoms with van der Waals surface area (Å²) in [5, 5.41) is 15.1. The molecular weight excluding hydrogens is 392 g/mol. The molecule has 2 aromatic rings. The van der Waals surface area contributed by atoms with Crippen molar-refractivity contribution in [2.75, 3.05) is 26.2 Å². The van der Waals surface area contributed by atoms with Crippen molar-refractivity contribution in [1.29, 1.82) is 0 Å². The number of carbonyl (C=O) groups is 2. The van der Waals surface area contributed by atoms with Crippen LogP contribution in [0.15, 0.2) is 60.7 Å². The number of amides is 1. The fourth-order valence-corrected chi connectivity index (χ4v) is 4.35. The average Bonchev–Trinajstić information content (AvgIpc) is 3.30. The van der Waals surface area contributed by atoms with Gasteiger partial charge in [-0.05, 0) is 43.9 Å². The van der Waals surface area contributed by atoms with Crippen molar-refractivity contribution in [2.45, 2.75) is 44.2 Å². The highest BCUT2D eigenvalue weighted by atomic mass is 16.5. The van der Waals surface area contributed by atoms with Crippen LogP contribution >= 0.6 is 0 Å². The smallest absolute Gasteiger partial charge is 0.319 e. The second-order valence-corrected chi connectivity index (χ2v) is 7.83. The van der Waals surface area contributed by atoms with Crippen LogP contribution in [0.4, 0.5) is 0 Å². The second-order valence-electron chi connectivity index (χ2n) is 7.83. The molecule has 0 spiro atoms. The Hall–Kier alpha value is -2.70. The highest BCUT2D eigenvalue weighted by Gasteiger charge is 2.46. The van der Waals surface area contributed by atoms with Gasteiger partial charge in [0.2, 0.25) is 5.91 Å². The number of aliphatic hydroxyl groups is 1. The molecule has 2 aromatic carbocycles. The monoisotopic (exact) mass is 424 g/mol. The van der Waals surface area contributed by atoms with E-state index >= 15 is 0 Å². The lowest BCUT2D eigenvalue weighted by molar-refractivity contribution is -0.142. The zero-order chi connectivity index (χ0) is 22.1. The first-order chi connectivity index (χ1) is 15.1. The molecule has 0 unspecified atom stereocenters. The van der Waals surface area contributed by atoms with Gasteiger partial charge in [-0.1, -0.05) is 60.7 Å². The molecule has 0 aliphatic carbocycles. The third-order valence-electron chi connectivity index (χ3n) is 5.80. The van der Waals surface area contributed by atoms with Gasteiger partial charge in [0, 0.05) is 13.0 Å². The van der Waals surface area contributed by atoms with Crippen LogP contribution in [-0.2, 0) is 19.9 Å². The molecule has 6 nitrogen and oxygen atoms in total. The highest BCUT2D eigenvalue weighted by Crippen LogP contribution is 2.40. The van der Waals surface area contributed by atoms with E-state index in [0.717, 1.165) is 24.0 Å². The summed E-state index contributed by atoms with van der Waals surface area (Å²) < 4.78 is 4.88. The molecule has 1 aliphatic rings. The van der Waals surface area contributed by atoms with Crippen molar-refractivity contribution in [2.24, 2.45) is 0 Å². The summed E-state index contributed by atoms with van der Waals surface area (Å²) in [7, 11) is 0. The van der Waals surface area contributed by atoms with Gasteiger partial charge in [0.15, 0.2) is 0 Å². The summed E-state index contributed by atoms with van der Waals surface area (Å²) >= 11 is 0. The van der Waals surface area contributed by atoms with Crippen molar-refractivity contribution in [1.82, 2.24) is 10.2 Å². The molecule has 1 aliphatic heterocycles. The van der Waals surface area contributed by atoms with Gasteiger partial charge in [0.05, 0.1) is 19.2 Å². The van der Waals surface area contributed by atoms with Gasteiger partial charge in [-0.15, -0.1) is 0 Å². The highest BCUT2D eigenvalue weighted by molar-refractivity contribution is 5.77. The van der Waals surface area contributed by atoms with E-state index in [1.165, 1.54) is 0 Å². The van der Waals surface area contributed by atoms with Gasteiger partial charge >= 0.3 is 5.97 Å². The quantitative estimate of drug-likeness (QED) is 0.453. The van der Waals surface area contributed by atoms with E-state index < -0.39 is 5.60 Å². The molecule has 166 valence electrons. The van der Waals surface area contributed by atoms with Crippen molar-refractivity contribution >= 4 is 11.9 Å². The Kier molecular flexibility index (Phi) is 8.20. The number of carbonyl (C=O) groups excluding carboxylic acids is 2. The van der Waals surface area contributed by atoms with E-state index in [9.17, 15) is 14.7 Å². The minimum absolute atomic E-state index is 0.0331. The molecule has 31 heavy (non-hydrogen) atoms. The molecule has 1 heterocycles. The van der Waals surface area contributed by atoms with E-state index in [1.54, 1.807) is 6.92 Å². The minimum atomic E-state index is -1.27. The Morgan fingerprint density at radius 2 is 1.71 bits per heavy atom. The molecule has 1 amide bonds. The number of ether oxygens (including phenoxy) is 1. The van der Waals surface area contributed by atoms with Crippen LogP contribution in [0.1, 0.15) is 43.7 Å². The lowest BCUT2D eigenvalue weighted by Gasteiger charge is -2.40. The maximum absolute atomic E-state index is 13.1. The molecule has 3 rings (SSSR count). The van der Waals surface area contributed by atoms with Crippen molar-refractivity contribution < 1.29 is 19.4 Å². The Morgan fingerprint density at radius 1 is 1.10 bits per heavy atom. The maximum atomic E-state index is 13.1. The molecule has 0 bridgehead atoms. The van der Waals surface area contributed by atoms with E-state index in [2.05, 4.69) is 5.32 Å². The predicted molar refractivity (Wildman–Crippen MR) is 119 cm³/mol. The molecule has 1 fully saturated rings. The van der Waals surface area contributed by atoms with E-state index in [0.29, 0.717) is 32.5 Å². The Morgan fingerprint density at radius 3 is 2.29 bits per heavy atom. The van der Waals surface area contributed by atoms with Crippen LogP contribution in [0.3, 0.4) is 0 Å². The normalized spacial score (nSPS) is 16.3. The number of esters is 1. The van der Waals surface area contributed by atoms with E-state index in [-0.39, 0.29) is 24.5 Å². The van der Waals surface area contributed by atoms with Crippen molar-refractivity contribution in [3.63, 3.8) is 0 Å². The zero-order valence-electron chi connectivity index (χ0n) is 18.1. The number of hydrogen-bond donors (Lipinski definition) is 2. The van der Waals surface area contributed by atoms with Gasteiger partial charge in [-0.25, -0.2) is 0 Å². The maximum Gasteiger partial charge on any atom is 0.319 e. The topological polar surface area (TPSA) is 78.9 Å². The number of nitrogens with one attached hydrogen (secondary N) is 1. The Bertz CT molecular complexity index is 802. The molecule has 0 radical (unpaired) electrons. The van der Waals surface area contributed by atoms with Crippen molar-refractivity contribution in [3.8, 4) is 0 Å². The summed E-state index contributed by atoms with van der Waals surface area (Å²) in [6, 6.07) is 18.9. The van der Waals surface area contributed by atoms with Crippen LogP contribution in [-0.4, -0.2) is 54.2 Å². The largest absolute Gasteiger partial charge is 0.465 e. The summed E-state index contributed by atoms with van der Waals surface area (Å²) in [6.07, 6.45) is 2.59. The molecule has 2 N–H and O–H groups in total. The first-order valence-electron chi connectivity index (χ1n) is 11.1. The Labute approximate surface area is 184 Å². The summed E-state index contributed by atoms with van der Waals surface area (Å²) in [5.74, 6) is -0.255. The first kappa shape index (κ1) is 23.0. The number of likely N-dealkylation sites (tertiary alicyclic amines) is 1. The second kappa shape index (κ2) is 11.1. The molecular formula is C25H32N2O4. The van der Waals surface area contributed by atoms with E-state index in [1.807, 2.05) is 65.6 Å². The third-order valence-corrected chi connectivity index (χ3v) is 5.80. The lowest BCUT2D eigenvalue weighted by atomic mass is 9.79. The van der Waals surface area contributed by atoms with E-state index in [4.69, 9.17) is 4.74 Å². The van der Waals surface area contributed by atoms with Gasteiger partial charge in [0.25, 0.3) is 0 Å². The SMILES string of the molecule is CCOC(=O)CNCCCC(=O)N1CCC[C@H]1C(O)(c1ccccc1)c1ccccc1. The summed E-state index contributed by atoms with van der Waals surface area (Å²) in [5.41, 5.74) is 0.320. The van der Waals surface area contributed by atoms with Gasteiger partial charge in [0.1, 0.15) is 5.60 Å². The standard InChI is InChI=1S/C25H32N2O4/c1-2-31-24(29)19-26-17-9-16-23(28)27-18-10-15-22(27)25(30,20-11-5-3-6-12-20)21-13-7-4-8-14-21/h3-8,11-14,22,26,30H,2,9-10,15-19H2,1H3/t22-/m0/s1. The third kappa shape index (κ3) is 5.51. The van der Waals surface area contributed by atoms with Crippen LogP contribution in [0.2, 0.25) is 0 Å². The molecule has 0 saturated carbocycles. The number of hydrogen-bond acceptors (Lipinski definition) is 5. The predicted octanol–water partition coefficient (Wildman–Crippen LogP) is 2.85. The fourth-order valence-electron chi connectivity index (χ4n) is 4.35. The van der Waals surface area contributed by atoms with Gasteiger partial charge in [-0.3, -0.25) is 9.59 Å². The van der Waals surface area contributed by atoms with Gasteiger partial charge in [-0.2, -0.15) is 0 Å². The van der Waals surface area contributed by atoms with Gasteiger partial charge < -0.3 is 20.1 Å². The molecule has 1 atom stereocenters. The summed E-state index contributed by atoms with van der Waals surface area (Å²) in [6.45, 7) is 3.48. The van der Waals surface area contributed by atoms with Crippen LogP contribution < -0.4 is 5.32 Å². The molecule has 6 heteroatoms. The summed E-state index contributed by atoms with van der Waals surface area (Å²) in [4.78, 5) is 26.3. The van der Waals surface area contributed by atoms with Crippen molar-refractivity contribution in [3.05, 3.63) is 71.8 Å². The number of rotatable bonds is 10. The zero-order valence-corrected chi connectivity index (χ0v) is 18.1. The molecule has 0 aromatic heterocycles. The minimum Gasteiger partial charge on any atom is -0.465 e. The number of benzene rings is 2. The average molecular weight is 425 g/mol. The Balaban J connectivity index is 1.69. The van der Waals surface area contributed by atoms with Crippen LogP contribution in [0.5, 0.6) is 0 Å². The van der Waals surface area contributed by atoms with Crippen LogP contribution in [0, 0.1) is 0 Å². The van der Waals surface area contributed by atoms with Crippen LogP contribution in [0.25, 0.3) is 0 Å². The number of nitrogens with zero attached hydrogens (tertiary/aromatic N) is 1. The lowest BCUT2D eigenvalue weighted by Crippen LogP contribution is -2.50. The fraction of sp³-hybridized carbons (Fsp3) is 0.440. The molecule has 1 saturated heterocycles.